The van der Waals surface area contributed by atoms with Crippen molar-refractivity contribution in [2.75, 3.05) is 13.6 Å². The van der Waals surface area contributed by atoms with Crippen molar-refractivity contribution in [3.8, 4) is 0 Å². The second-order valence-corrected chi connectivity index (χ2v) is 6.76. The van der Waals surface area contributed by atoms with Gasteiger partial charge in [0.15, 0.2) is 17.3 Å². The summed E-state index contributed by atoms with van der Waals surface area (Å²) in [5, 5.41) is 3.83. The van der Waals surface area contributed by atoms with Crippen molar-refractivity contribution >= 4 is 17.0 Å². The normalized spacial score (nSPS) is 11.1. The molecule has 0 fully saturated rings. The van der Waals surface area contributed by atoms with Gasteiger partial charge in [-0.15, -0.1) is 0 Å². The van der Waals surface area contributed by atoms with Crippen LogP contribution in [0.3, 0.4) is 0 Å². The first-order valence-electron chi connectivity index (χ1n) is 9.17. The smallest absolute Gasteiger partial charge is 0.253 e. The van der Waals surface area contributed by atoms with Crippen molar-refractivity contribution in [2.45, 2.75) is 19.8 Å². The minimum absolute atomic E-state index is 0.154. The van der Waals surface area contributed by atoms with Crippen molar-refractivity contribution in [3.05, 3.63) is 77.0 Å². The molecule has 29 heavy (non-hydrogen) atoms. The summed E-state index contributed by atoms with van der Waals surface area (Å²) in [5.41, 5.74) is 2.10. The number of amides is 1. The van der Waals surface area contributed by atoms with Gasteiger partial charge in [-0.1, -0.05) is 23.4 Å². The maximum Gasteiger partial charge on any atom is 0.253 e. The Labute approximate surface area is 166 Å². The monoisotopic (exact) mass is 394 g/mol. The van der Waals surface area contributed by atoms with E-state index in [0.717, 1.165) is 0 Å². The molecular weight excluding hydrogens is 375 g/mol. The lowest BCUT2D eigenvalue weighted by atomic mass is 10.1. The van der Waals surface area contributed by atoms with Crippen molar-refractivity contribution in [1.82, 2.24) is 20.0 Å². The van der Waals surface area contributed by atoms with Crippen LogP contribution in [0, 0.1) is 12.7 Å². The molecule has 0 aliphatic carbocycles. The van der Waals surface area contributed by atoms with Gasteiger partial charge in [0.2, 0.25) is 5.89 Å². The van der Waals surface area contributed by atoms with E-state index in [4.69, 9.17) is 8.94 Å². The predicted molar refractivity (Wildman–Crippen MR) is 103 cm³/mol. The molecule has 7 nitrogen and oxygen atoms in total. The first kappa shape index (κ1) is 18.8. The van der Waals surface area contributed by atoms with E-state index in [9.17, 15) is 9.18 Å². The van der Waals surface area contributed by atoms with E-state index in [-0.39, 0.29) is 18.1 Å². The van der Waals surface area contributed by atoms with Crippen molar-refractivity contribution in [3.63, 3.8) is 0 Å². The molecule has 0 radical (unpaired) electrons. The summed E-state index contributed by atoms with van der Waals surface area (Å²) < 4.78 is 24.5. The van der Waals surface area contributed by atoms with E-state index in [0.29, 0.717) is 52.8 Å². The van der Waals surface area contributed by atoms with E-state index >= 15 is 0 Å². The molecule has 4 aromatic rings. The number of carbonyl (C=O) groups excluding carboxylic acids is 1. The summed E-state index contributed by atoms with van der Waals surface area (Å²) in [7, 11) is 1.71. The lowest BCUT2D eigenvalue weighted by molar-refractivity contribution is 0.0796. The molecule has 1 amide bonds. The number of halogens is 1. The number of aromatic nitrogens is 3. The first-order chi connectivity index (χ1) is 14.0. The van der Waals surface area contributed by atoms with Crippen molar-refractivity contribution in [1.29, 1.82) is 0 Å². The summed E-state index contributed by atoms with van der Waals surface area (Å²) in [6, 6.07) is 11.6. The van der Waals surface area contributed by atoms with E-state index in [2.05, 4.69) is 15.1 Å². The fourth-order valence-electron chi connectivity index (χ4n) is 3.02. The fourth-order valence-corrected chi connectivity index (χ4v) is 3.02. The average molecular weight is 394 g/mol. The number of likely N-dealkylation sites (N-methyl/N-ethyl adjacent to an activating group) is 1. The summed E-state index contributed by atoms with van der Waals surface area (Å²) in [5.74, 6) is 1.00. The van der Waals surface area contributed by atoms with Crippen LogP contribution >= 0.6 is 0 Å². The van der Waals surface area contributed by atoms with Crippen LogP contribution in [0.5, 0.6) is 0 Å². The quantitative estimate of drug-likeness (QED) is 0.497. The molecule has 0 saturated heterocycles. The number of oxazole rings is 1. The molecule has 0 saturated carbocycles. The zero-order valence-corrected chi connectivity index (χ0v) is 16.1. The zero-order valence-electron chi connectivity index (χ0n) is 16.1. The van der Waals surface area contributed by atoms with Crippen LogP contribution in [0.1, 0.15) is 33.5 Å². The molecule has 148 valence electrons. The van der Waals surface area contributed by atoms with E-state index in [1.54, 1.807) is 55.3 Å². The number of carbonyl (C=O) groups is 1. The van der Waals surface area contributed by atoms with Gasteiger partial charge in [-0.2, -0.15) is 4.98 Å². The number of aryl methyl sites for hydroxylation is 1. The topological polar surface area (TPSA) is 85.3 Å². The minimum Gasteiger partial charge on any atom is -0.440 e. The Balaban J connectivity index is 1.47. The molecule has 8 heteroatoms. The van der Waals surface area contributed by atoms with Gasteiger partial charge >= 0.3 is 0 Å². The third-order valence-corrected chi connectivity index (χ3v) is 4.57. The van der Waals surface area contributed by atoms with Crippen LogP contribution in [0.15, 0.2) is 51.4 Å². The molecule has 0 unspecified atom stereocenters. The summed E-state index contributed by atoms with van der Waals surface area (Å²) in [6.07, 6.45) is 0.742. The highest BCUT2D eigenvalue weighted by Crippen LogP contribution is 2.21. The molecule has 2 heterocycles. The Morgan fingerprint density at radius 3 is 2.76 bits per heavy atom. The number of hydrogen-bond acceptors (Lipinski definition) is 6. The number of nitrogens with zero attached hydrogens (tertiary/aromatic N) is 4. The number of fused-ring (bicyclic) bond motifs is 1. The minimum atomic E-state index is -0.302. The highest BCUT2D eigenvalue weighted by molar-refractivity contribution is 5.96. The molecule has 0 aliphatic heterocycles. The van der Waals surface area contributed by atoms with Gasteiger partial charge in [-0.25, -0.2) is 9.37 Å². The largest absolute Gasteiger partial charge is 0.440 e. The molecule has 0 spiro atoms. The van der Waals surface area contributed by atoms with Crippen LogP contribution in [0.2, 0.25) is 0 Å². The maximum absolute atomic E-state index is 13.9. The maximum atomic E-state index is 13.9. The number of rotatable bonds is 6. The summed E-state index contributed by atoms with van der Waals surface area (Å²) in [4.78, 5) is 22.8. The van der Waals surface area contributed by atoms with Gasteiger partial charge in [0.25, 0.3) is 5.91 Å². The Morgan fingerprint density at radius 2 is 2.00 bits per heavy atom. The summed E-state index contributed by atoms with van der Waals surface area (Å²) in [6.45, 7) is 2.17. The van der Waals surface area contributed by atoms with Crippen LogP contribution in [-0.2, 0) is 12.8 Å². The van der Waals surface area contributed by atoms with Gasteiger partial charge in [0, 0.05) is 32.5 Å². The van der Waals surface area contributed by atoms with Gasteiger partial charge in [0.05, 0.1) is 6.42 Å². The SMILES string of the molecule is Cc1nc(CCN(C)C(=O)c2ccc3nc(Cc4ccccc4F)oc3c2)no1. The van der Waals surface area contributed by atoms with Crippen molar-refractivity contribution < 1.29 is 18.1 Å². The average Bonchev–Trinajstić information content (AvgIpc) is 3.32. The second kappa shape index (κ2) is 7.83. The van der Waals surface area contributed by atoms with Gasteiger partial charge < -0.3 is 13.8 Å². The third kappa shape index (κ3) is 4.16. The van der Waals surface area contributed by atoms with Gasteiger partial charge in [-0.3, -0.25) is 4.79 Å². The standard InChI is InChI=1S/C21H19FN4O3/c1-13-23-19(25-29-13)9-10-26(2)21(27)15-7-8-17-18(11-15)28-20(24-17)12-14-5-3-4-6-16(14)22/h3-8,11H,9-10,12H2,1-2H3. The lowest BCUT2D eigenvalue weighted by Gasteiger charge is -2.16. The molecule has 4 rings (SSSR count). The van der Waals surface area contributed by atoms with Crippen LogP contribution < -0.4 is 0 Å². The van der Waals surface area contributed by atoms with Crippen LogP contribution in [0.4, 0.5) is 4.39 Å². The molecule has 0 aliphatic rings. The van der Waals surface area contributed by atoms with Crippen molar-refractivity contribution in [2.24, 2.45) is 0 Å². The molecule has 0 atom stereocenters. The Kier molecular flexibility index (Phi) is 5.07. The number of benzene rings is 2. The van der Waals surface area contributed by atoms with Crippen LogP contribution in [-0.4, -0.2) is 39.5 Å². The Hall–Kier alpha value is -3.55. The number of hydrogen-bond donors (Lipinski definition) is 0. The fraction of sp³-hybridized carbons (Fsp3) is 0.238. The van der Waals surface area contributed by atoms with E-state index in [1.165, 1.54) is 6.07 Å². The van der Waals surface area contributed by atoms with Gasteiger partial charge in [0.1, 0.15) is 11.3 Å². The first-order valence-corrected chi connectivity index (χ1v) is 9.17. The Morgan fingerprint density at radius 1 is 1.17 bits per heavy atom. The molecule has 2 aromatic carbocycles. The Bertz CT molecular complexity index is 1170. The second-order valence-electron chi connectivity index (χ2n) is 6.76. The van der Waals surface area contributed by atoms with Gasteiger partial charge in [-0.05, 0) is 29.8 Å². The summed E-state index contributed by atoms with van der Waals surface area (Å²) >= 11 is 0. The zero-order chi connectivity index (χ0) is 20.4. The highest BCUT2D eigenvalue weighted by Gasteiger charge is 2.16. The van der Waals surface area contributed by atoms with E-state index in [1.807, 2.05) is 0 Å². The third-order valence-electron chi connectivity index (χ3n) is 4.57. The highest BCUT2D eigenvalue weighted by atomic mass is 19.1. The predicted octanol–water partition coefficient (Wildman–Crippen LogP) is 3.56. The van der Waals surface area contributed by atoms with E-state index < -0.39 is 0 Å². The lowest BCUT2D eigenvalue weighted by Crippen LogP contribution is -2.29. The molecule has 2 aromatic heterocycles. The van der Waals surface area contributed by atoms with Crippen LogP contribution in [0.25, 0.3) is 11.1 Å². The molecular formula is C21H19FN4O3. The molecule has 0 N–H and O–H groups in total. The molecule has 0 bridgehead atoms.